The highest BCUT2D eigenvalue weighted by molar-refractivity contribution is 8.18. The van der Waals surface area contributed by atoms with Gasteiger partial charge in [0, 0.05) is 0 Å². The van der Waals surface area contributed by atoms with E-state index in [1.807, 2.05) is 37.3 Å². The van der Waals surface area contributed by atoms with Crippen molar-refractivity contribution >= 4 is 47.3 Å². The molecule has 1 aromatic carbocycles. The quantitative estimate of drug-likeness (QED) is 0.613. The van der Waals surface area contributed by atoms with Crippen LogP contribution in [0.1, 0.15) is 25.0 Å². The van der Waals surface area contributed by atoms with Gasteiger partial charge in [-0.2, -0.15) is 0 Å². The predicted octanol–water partition coefficient (Wildman–Crippen LogP) is 2.76. The summed E-state index contributed by atoms with van der Waals surface area (Å²) in [7, 11) is 0. The lowest BCUT2D eigenvalue weighted by atomic mass is 10.1. The fourth-order valence-corrected chi connectivity index (χ4v) is 3.18. The lowest BCUT2D eigenvalue weighted by Gasteiger charge is -2.08. The number of nitrogens with zero attached hydrogens (tertiary/aromatic N) is 1. The minimum atomic E-state index is -0.736. The Kier molecular flexibility index (Phi) is 6.30. The average molecular weight is 370 g/mol. The summed E-state index contributed by atoms with van der Waals surface area (Å²) in [4.78, 5) is 46.6. The number of benzene rings is 1. The molecule has 1 aliphatic rings. The highest BCUT2D eigenvalue weighted by atomic mass is 32.2. The van der Waals surface area contributed by atoms with Crippen LogP contribution in [0.15, 0.2) is 46.4 Å². The Bertz CT molecular complexity index is 851. The second-order valence-corrected chi connectivity index (χ2v) is 6.79. The van der Waals surface area contributed by atoms with Crippen molar-refractivity contribution in [3.63, 3.8) is 0 Å². The second kappa shape index (κ2) is 8.44. The molecular formula is C19H18N2O4S. The fraction of sp³-hybridized carbons (Fsp3) is 0.158. The third kappa shape index (κ3) is 5.03. The van der Waals surface area contributed by atoms with Crippen LogP contribution in [-0.4, -0.2) is 34.8 Å². The third-order valence-electron chi connectivity index (χ3n) is 3.46. The maximum absolute atomic E-state index is 12.2. The molecule has 2 rings (SSSR count). The van der Waals surface area contributed by atoms with Crippen molar-refractivity contribution in [1.82, 2.24) is 4.90 Å². The first-order chi connectivity index (χ1) is 12.3. The van der Waals surface area contributed by atoms with Crippen molar-refractivity contribution in [3.8, 4) is 0 Å². The summed E-state index contributed by atoms with van der Waals surface area (Å²) < 4.78 is 0. The van der Waals surface area contributed by atoms with Crippen molar-refractivity contribution < 1.29 is 19.2 Å². The molecule has 0 spiro atoms. The normalized spacial score (nSPS) is 17.2. The lowest BCUT2D eigenvalue weighted by Crippen LogP contribution is -2.36. The first-order valence-electron chi connectivity index (χ1n) is 7.75. The monoisotopic (exact) mass is 370 g/mol. The number of carbonyl (C=O) groups excluding carboxylic acids is 4. The molecule has 3 amide bonds. The lowest BCUT2D eigenvalue weighted by molar-refractivity contribution is -0.128. The van der Waals surface area contributed by atoms with Gasteiger partial charge in [-0.3, -0.25) is 24.1 Å². The van der Waals surface area contributed by atoms with Crippen LogP contribution in [0.5, 0.6) is 0 Å². The van der Waals surface area contributed by atoms with Gasteiger partial charge in [0.2, 0.25) is 5.91 Å². The fourth-order valence-electron chi connectivity index (χ4n) is 2.29. The Hall–Kier alpha value is -2.93. The molecule has 0 bridgehead atoms. The summed E-state index contributed by atoms with van der Waals surface area (Å²) in [5.74, 6) is -1.25. The molecule has 0 atom stereocenters. The van der Waals surface area contributed by atoms with Crippen molar-refractivity contribution in [2.45, 2.75) is 13.8 Å². The molecule has 0 saturated carbocycles. The molecular weight excluding hydrogens is 352 g/mol. The number of imide groups is 1. The SMILES string of the molecule is C/C(C=O)=C\c1ccc(/C=C(C)/C=C2\SC(=O)N(CC(N)=O)C2=O)cc1. The third-order valence-corrected chi connectivity index (χ3v) is 4.36. The number of primary amides is 1. The maximum Gasteiger partial charge on any atom is 0.294 e. The number of rotatable bonds is 6. The summed E-state index contributed by atoms with van der Waals surface area (Å²) in [6.45, 7) is 3.13. The first kappa shape index (κ1) is 19.4. The molecule has 0 aliphatic carbocycles. The maximum atomic E-state index is 12.2. The molecule has 26 heavy (non-hydrogen) atoms. The Balaban J connectivity index is 2.16. The average Bonchev–Trinajstić information content (AvgIpc) is 2.83. The van der Waals surface area contributed by atoms with Crippen molar-refractivity contribution in [3.05, 3.63) is 57.5 Å². The van der Waals surface area contributed by atoms with Crippen molar-refractivity contribution in [1.29, 1.82) is 0 Å². The highest BCUT2D eigenvalue weighted by Crippen LogP contribution is 2.31. The van der Waals surface area contributed by atoms with Crippen LogP contribution in [0.3, 0.4) is 0 Å². The zero-order chi connectivity index (χ0) is 19.3. The molecule has 0 aromatic heterocycles. The molecule has 1 aromatic rings. The summed E-state index contributed by atoms with van der Waals surface area (Å²) in [6.07, 6.45) is 6.05. The molecule has 1 fully saturated rings. The summed E-state index contributed by atoms with van der Waals surface area (Å²) >= 11 is 0.784. The highest BCUT2D eigenvalue weighted by Gasteiger charge is 2.35. The molecule has 0 unspecified atom stereocenters. The van der Waals surface area contributed by atoms with E-state index < -0.39 is 23.6 Å². The van der Waals surface area contributed by atoms with Gasteiger partial charge >= 0.3 is 0 Å². The molecule has 1 saturated heterocycles. The topological polar surface area (TPSA) is 97.5 Å². The van der Waals surface area contributed by atoms with E-state index in [1.54, 1.807) is 19.1 Å². The standard InChI is InChI=1S/C19H18N2O4S/c1-12(7-14-3-5-15(6-4-14)8-13(2)11-22)9-16-18(24)21(10-17(20)23)19(25)26-16/h3-9,11H,10H2,1-2H3,(H2,20,23)/b12-7+,13-8+,16-9-. The van der Waals surface area contributed by atoms with Crippen LogP contribution < -0.4 is 5.73 Å². The molecule has 7 heteroatoms. The van der Waals surface area contributed by atoms with E-state index in [9.17, 15) is 19.2 Å². The summed E-state index contributed by atoms with van der Waals surface area (Å²) in [6, 6.07) is 7.54. The van der Waals surface area contributed by atoms with E-state index in [0.717, 1.165) is 39.6 Å². The zero-order valence-corrected chi connectivity index (χ0v) is 15.2. The van der Waals surface area contributed by atoms with Gasteiger partial charge in [0.1, 0.15) is 12.8 Å². The summed E-state index contributed by atoms with van der Waals surface area (Å²) in [5, 5.41) is -0.505. The van der Waals surface area contributed by atoms with Crippen molar-refractivity contribution in [2.24, 2.45) is 5.73 Å². The number of hydrogen-bond donors (Lipinski definition) is 1. The number of aldehydes is 1. The van der Waals surface area contributed by atoms with E-state index in [1.165, 1.54) is 0 Å². The van der Waals surface area contributed by atoms with E-state index in [-0.39, 0.29) is 4.91 Å². The molecule has 6 nitrogen and oxygen atoms in total. The van der Waals surface area contributed by atoms with E-state index in [4.69, 9.17) is 5.73 Å². The minimum Gasteiger partial charge on any atom is -0.368 e. The number of carbonyl (C=O) groups is 4. The van der Waals surface area contributed by atoms with E-state index in [0.29, 0.717) is 5.57 Å². The number of allylic oxidation sites excluding steroid dienone is 3. The van der Waals surface area contributed by atoms with Gasteiger partial charge in [-0.15, -0.1) is 0 Å². The Morgan fingerprint density at radius 3 is 2.12 bits per heavy atom. The van der Waals surface area contributed by atoms with Gasteiger partial charge < -0.3 is 5.73 Å². The van der Waals surface area contributed by atoms with Gasteiger partial charge in [-0.05, 0) is 60.0 Å². The summed E-state index contributed by atoms with van der Waals surface area (Å²) in [5.41, 5.74) is 8.29. The predicted molar refractivity (Wildman–Crippen MR) is 102 cm³/mol. The molecule has 2 N–H and O–H groups in total. The van der Waals surface area contributed by atoms with Crippen LogP contribution >= 0.6 is 11.8 Å². The van der Waals surface area contributed by atoms with Crippen LogP contribution in [0, 0.1) is 0 Å². The Morgan fingerprint density at radius 2 is 1.62 bits per heavy atom. The van der Waals surface area contributed by atoms with Crippen LogP contribution in [-0.2, 0) is 14.4 Å². The first-order valence-corrected chi connectivity index (χ1v) is 8.57. The number of nitrogens with two attached hydrogens (primary N) is 1. The minimum absolute atomic E-state index is 0.256. The Morgan fingerprint density at radius 1 is 1.08 bits per heavy atom. The van der Waals surface area contributed by atoms with Gasteiger partial charge in [0.05, 0.1) is 4.91 Å². The van der Waals surface area contributed by atoms with Crippen molar-refractivity contribution in [2.75, 3.05) is 6.54 Å². The van der Waals surface area contributed by atoms with E-state index in [2.05, 4.69) is 0 Å². The largest absolute Gasteiger partial charge is 0.368 e. The second-order valence-electron chi connectivity index (χ2n) is 5.80. The van der Waals surface area contributed by atoms with Gasteiger partial charge in [-0.25, -0.2) is 0 Å². The smallest absolute Gasteiger partial charge is 0.294 e. The molecule has 0 radical (unpaired) electrons. The van der Waals surface area contributed by atoms with Crippen LogP contribution in [0.4, 0.5) is 4.79 Å². The molecule has 1 aliphatic heterocycles. The zero-order valence-electron chi connectivity index (χ0n) is 14.4. The van der Waals surface area contributed by atoms with Gasteiger partial charge in [0.15, 0.2) is 0 Å². The van der Waals surface area contributed by atoms with E-state index >= 15 is 0 Å². The number of amides is 3. The Labute approximate surface area is 155 Å². The van der Waals surface area contributed by atoms with Gasteiger partial charge in [-0.1, -0.05) is 30.3 Å². The molecule has 134 valence electrons. The van der Waals surface area contributed by atoms with Crippen LogP contribution in [0.25, 0.3) is 12.2 Å². The van der Waals surface area contributed by atoms with Crippen LogP contribution in [0.2, 0.25) is 0 Å². The molecule has 1 heterocycles. The number of hydrogen-bond acceptors (Lipinski definition) is 5. The van der Waals surface area contributed by atoms with Gasteiger partial charge in [0.25, 0.3) is 11.1 Å². The number of thioether (sulfide) groups is 1.